The first-order chi connectivity index (χ1) is 17.3. The molecule has 3 aromatic rings. The largest absolute Gasteiger partial charge is 0.418 e. The van der Waals surface area contributed by atoms with Gasteiger partial charge in [-0.3, -0.25) is 20.4 Å². The summed E-state index contributed by atoms with van der Waals surface area (Å²) in [5, 5.41) is 3.35. The molecule has 0 aromatic heterocycles. The van der Waals surface area contributed by atoms with E-state index < -0.39 is 39.7 Å². The molecule has 0 aliphatic heterocycles. The van der Waals surface area contributed by atoms with Crippen LogP contribution in [-0.2, 0) is 11.0 Å². The second-order valence-electron chi connectivity index (χ2n) is 8.14. The molecule has 4 rings (SSSR count). The Labute approximate surface area is 234 Å². The van der Waals surface area contributed by atoms with E-state index in [0.29, 0.717) is 15.6 Å². The van der Waals surface area contributed by atoms with Gasteiger partial charge in [-0.25, -0.2) is 0 Å². The van der Waals surface area contributed by atoms with Crippen LogP contribution < -0.4 is 16.2 Å². The fraction of sp³-hybridized carbons (Fsp3) is 0.167. The average Bonchev–Trinajstić information content (AvgIpc) is 3.39. The maximum absolute atomic E-state index is 13.2. The van der Waals surface area contributed by atoms with Gasteiger partial charge in [0.2, 0.25) is 5.91 Å². The summed E-state index contributed by atoms with van der Waals surface area (Å²) in [6, 6.07) is 13.4. The lowest BCUT2D eigenvalue weighted by atomic mass is 10.1. The van der Waals surface area contributed by atoms with Gasteiger partial charge in [0.1, 0.15) is 4.33 Å². The third-order valence-corrected chi connectivity index (χ3v) is 7.31. The molecule has 13 heteroatoms. The number of alkyl halides is 5. The zero-order valence-corrected chi connectivity index (χ0v) is 22.0. The van der Waals surface area contributed by atoms with Crippen molar-refractivity contribution in [2.24, 2.45) is 5.92 Å². The molecule has 2 amide bonds. The molecule has 0 unspecified atom stereocenters. The van der Waals surface area contributed by atoms with E-state index in [1.807, 2.05) is 0 Å². The van der Waals surface area contributed by atoms with Gasteiger partial charge in [-0.1, -0.05) is 46.9 Å². The van der Waals surface area contributed by atoms with E-state index in [9.17, 15) is 22.8 Å². The first kappa shape index (κ1) is 27.7. The third-order valence-electron chi connectivity index (χ3n) is 5.60. The SMILES string of the molecule is O=C(NNc1ccccc1C(F)(F)F)c1cc(NC(=O)[C@H]2[C@H](c3cc(Cl)cc(Cl)c3)C2(Cl)Cl)ccc1Cl. The Kier molecular flexibility index (Phi) is 7.79. The van der Waals surface area contributed by atoms with Gasteiger partial charge in [0.05, 0.1) is 27.8 Å². The lowest BCUT2D eigenvalue weighted by Crippen LogP contribution is -2.31. The second-order valence-corrected chi connectivity index (χ2v) is 10.9. The monoisotopic (exact) mass is 609 g/mol. The van der Waals surface area contributed by atoms with Crippen molar-refractivity contribution in [2.75, 3.05) is 10.7 Å². The number of carbonyl (C=O) groups is 2. The van der Waals surface area contributed by atoms with Crippen molar-refractivity contribution < 1.29 is 22.8 Å². The standard InChI is InChI=1S/C24H15Cl5F3N3O2/c25-12-7-11(8-13(26)9-12)19-20(23(19,28)29)22(37)33-14-5-6-17(27)15(10-14)21(36)35-34-18-4-2-1-3-16(18)24(30,31)32/h1-10,19-20,34H,(H,33,37)(H,35,36)/t19-,20+/m0/s1. The first-order valence-electron chi connectivity index (χ1n) is 10.5. The molecule has 0 spiro atoms. The highest BCUT2D eigenvalue weighted by Crippen LogP contribution is 2.65. The number of amides is 2. The topological polar surface area (TPSA) is 70.2 Å². The molecule has 0 saturated heterocycles. The van der Waals surface area contributed by atoms with Crippen molar-refractivity contribution in [2.45, 2.75) is 16.4 Å². The summed E-state index contributed by atoms with van der Waals surface area (Å²) in [5.74, 6) is -2.80. The van der Waals surface area contributed by atoms with Gasteiger partial charge in [0.15, 0.2) is 0 Å². The Morgan fingerprint density at radius 3 is 2.19 bits per heavy atom. The first-order valence-corrected chi connectivity index (χ1v) is 12.3. The average molecular weight is 612 g/mol. The lowest BCUT2D eigenvalue weighted by molar-refractivity contribution is -0.137. The Bertz CT molecular complexity index is 1360. The van der Waals surface area contributed by atoms with Gasteiger partial charge in [-0.2, -0.15) is 13.2 Å². The van der Waals surface area contributed by atoms with E-state index in [4.69, 9.17) is 58.0 Å². The predicted octanol–water partition coefficient (Wildman–Crippen LogP) is 7.95. The Balaban J connectivity index is 1.47. The maximum atomic E-state index is 13.2. The number of rotatable bonds is 6. The van der Waals surface area contributed by atoms with Crippen molar-refractivity contribution >= 4 is 81.2 Å². The summed E-state index contributed by atoms with van der Waals surface area (Å²) >= 11 is 31.0. The van der Waals surface area contributed by atoms with Gasteiger partial charge in [-0.05, 0) is 54.1 Å². The zero-order chi connectivity index (χ0) is 27.1. The Hall–Kier alpha value is -2.36. The molecule has 1 saturated carbocycles. The fourth-order valence-corrected chi connectivity index (χ4v) is 5.42. The van der Waals surface area contributed by atoms with E-state index in [0.717, 1.165) is 12.1 Å². The van der Waals surface area contributed by atoms with Gasteiger partial charge >= 0.3 is 6.18 Å². The normalized spacial score (nSPS) is 18.2. The lowest BCUT2D eigenvalue weighted by Gasteiger charge is -2.15. The molecule has 1 fully saturated rings. The molecule has 1 aliphatic rings. The molecule has 0 heterocycles. The van der Waals surface area contributed by atoms with Crippen LogP contribution in [0, 0.1) is 5.92 Å². The van der Waals surface area contributed by atoms with Crippen molar-refractivity contribution in [1.29, 1.82) is 0 Å². The van der Waals surface area contributed by atoms with Crippen LogP contribution in [-0.4, -0.2) is 16.1 Å². The van der Waals surface area contributed by atoms with E-state index >= 15 is 0 Å². The van der Waals surface area contributed by atoms with Gasteiger partial charge in [-0.15, -0.1) is 23.2 Å². The van der Waals surface area contributed by atoms with Crippen molar-refractivity contribution in [1.82, 2.24) is 5.43 Å². The van der Waals surface area contributed by atoms with E-state index in [-0.39, 0.29) is 22.0 Å². The number of para-hydroxylation sites is 1. The van der Waals surface area contributed by atoms with Crippen LogP contribution >= 0.6 is 58.0 Å². The number of hydrogen-bond donors (Lipinski definition) is 3. The van der Waals surface area contributed by atoms with Crippen LogP contribution in [0.3, 0.4) is 0 Å². The molecule has 0 radical (unpaired) electrons. The van der Waals surface area contributed by atoms with Crippen molar-refractivity contribution in [3.63, 3.8) is 0 Å². The minimum absolute atomic E-state index is 0.00306. The van der Waals surface area contributed by atoms with Crippen LogP contribution in [0.15, 0.2) is 60.7 Å². The second kappa shape index (κ2) is 10.4. The number of anilines is 2. The number of hydrogen-bond acceptors (Lipinski definition) is 3. The molecule has 37 heavy (non-hydrogen) atoms. The molecule has 3 N–H and O–H groups in total. The number of nitrogens with one attached hydrogen (secondary N) is 3. The van der Waals surface area contributed by atoms with Crippen LogP contribution in [0.2, 0.25) is 15.1 Å². The molecule has 5 nitrogen and oxygen atoms in total. The van der Waals surface area contributed by atoms with Gasteiger partial charge in [0.25, 0.3) is 5.91 Å². The Morgan fingerprint density at radius 2 is 1.54 bits per heavy atom. The third kappa shape index (κ3) is 6.04. The van der Waals surface area contributed by atoms with Gasteiger partial charge < -0.3 is 5.32 Å². The summed E-state index contributed by atoms with van der Waals surface area (Å²) in [6.45, 7) is 0. The predicted molar refractivity (Wildman–Crippen MR) is 140 cm³/mol. The van der Waals surface area contributed by atoms with Crippen LogP contribution in [0.4, 0.5) is 24.5 Å². The summed E-state index contributed by atoms with van der Waals surface area (Å²) < 4.78 is 38.1. The molecule has 2 atom stereocenters. The van der Waals surface area contributed by atoms with Crippen LogP contribution in [0.1, 0.15) is 27.4 Å². The van der Waals surface area contributed by atoms with Crippen LogP contribution in [0.5, 0.6) is 0 Å². The number of hydrazine groups is 1. The van der Waals surface area contributed by atoms with Crippen molar-refractivity contribution in [3.8, 4) is 0 Å². The highest BCUT2D eigenvalue weighted by Gasteiger charge is 2.67. The minimum Gasteiger partial charge on any atom is -0.326 e. The molecule has 1 aliphatic carbocycles. The maximum Gasteiger partial charge on any atom is 0.418 e. The number of benzene rings is 3. The van der Waals surface area contributed by atoms with Gasteiger partial charge in [0, 0.05) is 21.7 Å². The summed E-state index contributed by atoms with van der Waals surface area (Å²) in [4.78, 5) is 25.6. The summed E-state index contributed by atoms with van der Waals surface area (Å²) in [6.07, 6.45) is -4.63. The minimum atomic E-state index is -4.63. The van der Waals surface area contributed by atoms with E-state index in [1.54, 1.807) is 12.1 Å². The summed E-state index contributed by atoms with van der Waals surface area (Å²) in [7, 11) is 0. The van der Waals surface area contributed by atoms with E-state index in [2.05, 4.69) is 16.2 Å². The fourth-order valence-electron chi connectivity index (χ4n) is 3.85. The molecule has 3 aromatic carbocycles. The highest BCUT2D eigenvalue weighted by atomic mass is 35.5. The molecular weight excluding hydrogens is 597 g/mol. The summed E-state index contributed by atoms with van der Waals surface area (Å²) in [5.41, 5.74) is 3.79. The molecule has 0 bridgehead atoms. The zero-order valence-electron chi connectivity index (χ0n) is 18.3. The van der Waals surface area contributed by atoms with Crippen molar-refractivity contribution in [3.05, 3.63) is 92.4 Å². The van der Waals surface area contributed by atoms with Crippen LogP contribution in [0.25, 0.3) is 0 Å². The molecular formula is C24H15Cl5F3N3O2. The van der Waals surface area contributed by atoms with E-state index in [1.165, 1.54) is 36.4 Å². The highest BCUT2D eigenvalue weighted by molar-refractivity contribution is 6.53. The number of halogens is 8. The number of carbonyl (C=O) groups excluding carboxylic acids is 2. The quantitative estimate of drug-likeness (QED) is 0.196. The Morgan fingerprint density at radius 1 is 0.892 bits per heavy atom. The smallest absolute Gasteiger partial charge is 0.326 e. The molecule has 194 valence electrons.